The first kappa shape index (κ1) is 9.77. The van der Waals surface area contributed by atoms with Gasteiger partial charge in [-0.3, -0.25) is 4.79 Å². The fourth-order valence-electron chi connectivity index (χ4n) is 1.25. The van der Waals surface area contributed by atoms with Gasteiger partial charge in [-0.05, 0) is 12.8 Å². The lowest BCUT2D eigenvalue weighted by molar-refractivity contribution is -0.158. The monoisotopic (exact) mass is 183 g/mol. The Balaban J connectivity index is 2.36. The van der Waals surface area contributed by atoms with Crippen molar-refractivity contribution in [3.63, 3.8) is 0 Å². The van der Waals surface area contributed by atoms with Crippen molar-refractivity contribution in [1.29, 1.82) is 0 Å². The van der Waals surface area contributed by atoms with Crippen LogP contribution in [0.2, 0.25) is 0 Å². The van der Waals surface area contributed by atoms with Crippen LogP contribution >= 0.6 is 0 Å². The van der Waals surface area contributed by atoms with Gasteiger partial charge in [0.1, 0.15) is 6.61 Å². The van der Waals surface area contributed by atoms with Crippen LogP contribution in [-0.2, 0) is 14.3 Å². The summed E-state index contributed by atoms with van der Waals surface area (Å²) in [7, 11) is 0. The Morgan fingerprint density at radius 2 is 2.00 bits per heavy atom. The van der Waals surface area contributed by atoms with E-state index in [0.717, 1.165) is 12.8 Å². The smallest absolute Gasteiger partial charge is 0.397 e. The molecule has 0 aromatic rings. The van der Waals surface area contributed by atoms with Crippen molar-refractivity contribution in [3.8, 4) is 0 Å². The van der Waals surface area contributed by atoms with Gasteiger partial charge in [0.25, 0.3) is 0 Å². The molecule has 0 aliphatic carbocycles. The minimum atomic E-state index is -0.776. The second kappa shape index (κ2) is 4.64. The molecule has 1 rings (SSSR count). The number of carbonyl (C=O) groups is 2. The Bertz CT molecular complexity index is 219. The largest absolute Gasteiger partial charge is 0.454 e. The molecule has 1 saturated heterocycles. The molecule has 0 bridgehead atoms. The van der Waals surface area contributed by atoms with Gasteiger partial charge < -0.3 is 9.64 Å². The van der Waals surface area contributed by atoms with Crippen LogP contribution in [0.25, 0.3) is 0 Å². The number of esters is 1. The van der Waals surface area contributed by atoms with E-state index in [1.807, 2.05) is 0 Å². The SMILES string of the molecule is C=CCOC(=O)C(=O)N1CCCC1. The molecule has 0 radical (unpaired) electrons. The number of rotatable bonds is 2. The number of carbonyl (C=O) groups excluding carboxylic acids is 2. The van der Waals surface area contributed by atoms with Gasteiger partial charge in [0.15, 0.2) is 0 Å². The molecule has 1 fully saturated rings. The quantitative estimate of drug-likeness (QED) is 0.352. The molecule has 0 unspecified atom stereocenters. The Morgan fingerprint density at radius 3 is 2.54 bits per heavy atom. The molecular weight excluding hydrogens is 170 g/mol. The van der Waals surface area contributed by atoms with Crippen molar-refractivity contribution < 1.29 is 14.3 Å². The zero-order chi connectivity index (χ0) is 9.68. The van der Waals surface area contributed by atoms with Gasteiger partial charge in [-0.2, -0.15) is 0 Å². The number of hydrogen-bond donors (Lipinski definition) is 0. The summed E-state index contributed by atoms with van der Waals surface area (Å²) in [4.78, 5) is 23.8. The summed E-state index contributed by atoms with van der Waals surface area (Å²) in [6.45, 7) is 4.82. The minimum Gasteiger partial charge on any atom is -0.454 e. The Morgan fingerprint density at radius 1 is 1.38 bits per heavy atom. The van der Waals surface area contributed by atoms with E-state index in [0.29, 0.717) is 13.1 Å². The van der Waals surface area contributed by atoms with Gasteiger partial charge in [0.2, 0.25) is 0 Å². The molecular formula is C9H13NO3. The van der Waals surface area contributed by atoms with Crippen LogP contribution in [0.5, 0.6) is 0 Å². The van der Waals surface area contributed by atoms with Crippen molar-refractivity contribution in [2.24, 2.45) is 0 Å². The lowest BCUT2D eigenvalue weighted by Crippen LogP contribution is -2.35. The number of ether oxygens (including phenoxy) is 1. The van der Waals surface area contributed by atoms with Crippen LogP contribution in [0.1, 0.15) is 12.8 Å². The predicted molar refractivity (Wildman–Crippen MR) is 47.0 cm³/mol. The molecule has 1 aliphatic rings. The van der Waals surface area contributed by atoms with Crippen molar-refractivity contribution >= 4 is 11.9 Å². The molecule has 0 spiro atoms. The van der Waals surface area contributed by atoms with Gasteiger partial charge in [-0.15, -0.1) is 0 Å². The van der Waals surface area contributed by atoms with Crippen molar-refractivity contribution in [2.75, 3.05) is 19.7 Å². The van der Waals surface area contributed by atoms with Gasteiger partial charge in [-0.1, -0.05) is 12.7 Å². The minimum absolute atomic E-state index is 0.0956. The molecule has 0 saturated carbocycles. The van der Waals surface area contributed by atoms with E-state index in [2.05, 4.69) is 11.3 Å². The van der Waals surface area contributed by atoms with E-state index < -0.39 is 11.9 Å². The summed E-state index contributed by atoms with van der Waals surface area (Å²) < 4.78 is 4.62. The highest BCUT2D eigenvalue weighted by Gasteiger charge is 2.25. The molecule has 4 nitrogen and oxygen atoms in total. The molecule has 72 valence electrons. The average molecular weight is 183 g/mol. The number of amides is 1. The van der Waals surface area contributed by atoms with Crippen LogP contribution in [0.3, 0.4) is 0 Å². The van der Waals surface area contributed by atoms with E-state index in [4.69, 9.17) is 0 Å². The zero-order valence-corrected chi connectivity index (χ0v) is 7.49. The average Bonchev–Trinajstić information content (AvgIpc) is 2.65. The third-order valence-electron chi connectivity index (χ3n) is 1.90. The highest BCUT2D eigenvalue weighted by Crippen LogP contribution is 2.07. The highest BCUT2D eigenvalue weighted by molar-refractivity contribution is 6.32. The van der Waals surface area contributed by atoms with E-state index in [9.17, 15) is 9.59 Å². The van der Waals surface area contributed by atoms with Gasteiger partial charge >= 0.3 is 11.9 Å². The summed E-state index contributed by atoms with van der Waals surface area (Å²) in [6, 6.07) is 0. The lowest BCUT2D eigenvalue weighted by Gasteiger charge is -2.12. The first-order chi connectivity index (χ1) is 6.25. The van der Waals surface area contributed by atoms with E-state index in [-0.39, 0.29) is 6.61 Å². The maximum atomic E-state index is 11.3. The van der Waals surface area contributed by atoms with Gasteiger partial charge in [-0.25, -0.2) is 4.79 Å². The first-order valence-corrected chi connectivity index (χ1v) is 4.32. The first-order valence-electron chi connectivity index (χ1n) is 4.32. The fraction of sp³-hybridized carbons (Fsp3) is 0.556. The Labute approximate surface area is 77.2 Å². The summed E-state index contributed by atoms with van der Waals surface area (Å²) in [5, 5.41) is 0. The zero-order valence-electron chi connectivity index (χ0n) is 7.49. The van der Waals surface area contributed by atoms with Crippen molar-refractivity contribution in [2.45, 2.75) is 12.8 Å². The maximum Gasteiger partial charge on any atom is 0.397 e. The van der Waals surface area contributed by atoms with E-state index in [1.54, 1.807) is 0 Å². The van der Waals surface area contributed by atoms with Crippen LogP contribution < -0.4 is 0 Å². The molecule has 4 heteroatoms. The van der Waals surface area contributed by atoms with E-state index >= 15 is 0 Å². The van der Waals surface area contributed by atoms with Crippen molar-refractivity contribution in [1.82, 2.24) is 4.90 Å². The second-order valence-electron chi connectivity index (χ2n) is 2.89. The van der Waals surface area contributed by atoms with Crippen LogP contribution in [0.4, 0.5) is 0 Å². The molecule has 1 heterocycles. The summed E-state index contributed by atoms with van der Waals surface area (Å²) in [6.07, 6.45) is 3.39. The molecule has 0 atom stereocenters. The van der Waals surface area contributed by atoms with Crippen LogP contribution in [0, 0.1) is 0 Å². The molecule has 1 amide bonds. The van der Waals surface area contributed by atoms with Crippen molar-refractivity contribution in [3.05, 3.63) is 12.7 Å². The Kier molecular flexibility index (Phi) is 3.49. The number of likely N-dealkylation sites (tertiary alicyclic amines) is 1. The number of nitrogens with zero attached hydrogens (tertiary/aromatic N) is 1. The topological polar surface area (TPSA) is 46.6 Å². The van der Waals surface area contributed by atoms with Crippen LogP contribution in [0.15, 0.2) is 12.7 Å². The maximum absolute atomic E-state index is 11.3. The van der Waals surface area contributed by atoms with Crippen LogP contribution in [-0.4, -0.2) is 36.5 Å². The molecule has 13 heavy (non-hydrogen) atoms. The number of hydrogen-bond acceptors (Lipinski definition) is 3. The van der Waals surface area contributed by atoms with E-state index in [1.165, 1.54) is 11.0 Å². The lowest BCUT2D eigenvalue weighted by atomic mass is 10.4. The summed E-state index contributed by atoms with van der Waals surface area (Å²) in [5.41, 5.74) is 0. The third kappa shape index (κ3) is 2.57. The summed E-state index contributed by atoms with van der Waals surface area (Å²) in [5.74, 6) is -1.30. The standard InChI is InChI=1S/C9H13NO3/c1-2-7-13-9(12)8(11)10-5-3-4-6-10/h2H,1,3-7H2. The summed E-state index contributed by atoms with van der Waals surface area (Å²) >= 11 is 0. The Hall–Kier alpha value is -1.32. The van der Waals surface area contributed by atoms with Gasteiger partial charge in [0, 0.05) is 13.1 Å². The molecule has 0 aromatic heterocycles. The molecule has 0 N–H and O–H groups in total. The van der Waals surface area contributed by atoms with Gasteiger partial charge in [0.05, 0.1) is 0 Å². The second-order valence-corrected chi connectivity index (χ2v) is 2.89. The fourth-order valence-corrected chi connectivity index (χ4v) is 1.25. The predicted octanol–water partition coefficient (Wildman–Crippen LogP) is 0.338. The molecule has 0 aromatic carbocycles. The third-order valence-corrected chi connectivity index (χ3v) is 1.90. The molecule has 1 aliphatic heterocycles. The highest BCUT2D eigenvalue weighted by atomic mass is 16.5. The normalized spacial score (nSPS) is 15.5.